The minimum absolute atomic E-state index is 0.237. The van der Waals surface area contributed by atoms with E-state index in [-0.39, 0.29) is 6.54 Å². The van der Waals surface area contributed by atoms with E-state index in [1.807, 2.05) is 13.0 Å². The van der Waals surface area contributed by atoms with E-state index in [1.54, 1.807) is 0 Å². The molecule has 1 heterocycles. The van der Waals surface area contributed by atoms with Crippen molar-refractivity contribution in [3.8, 4) is 6.07 Å². The molecular formula is C8H12N2O2S. The highest BCUT2D eigenvalue weighted by Gasteiger charge is 2.22. The second kappa shape index (κ2) is 3.48. The second-order valence-corrected chi connectivity index (χ2v) is 5.20. The first kappa shape index (κ1) is 10.2. The van der Waals surface area contributed by atoms with Crippen molar-refractivity contribution in [1.29, 1.82) is 5.26 Å². The van der Waals surface area contributed by atoms with Crippen LogP contribution in [0, 0.1) is 11.3 Å². The lowest BCUT2D eigenvalue weighted by atomic mass is 10.0. The van der Waals surface area contributed by atoms with Gasteiger partial charge in [0.05, 0.1) is 12.3 Å². The van der Waals surface area contributed by atoms with Crippen molar-refractivity contribution in [2.24, 2.45) is 0 Å². The van der Waals surface area contributed by atoms with Crippen LogP contribution in [0.4, 0.5) is 0 Å². The Labute approximate surface area is 78.5 Å². The third-order valence-electron chi connectivity index (χ3n) is 2.19. The Bertz CT molecular complexity index is 375. The zero-order chi connectivity index (χ0) is 10.1. The fourth-order valence-electron chi connectivity index (χ4n) is 1.25. The summed E-state index contributed by atoms with van der Waals surface area (Å²) >= 11 is 0. The molecule has 13 heavy (non-hydrogen) atoms. The molecule has 72 valence electrons. The highest BCUT2D eigenvalue weighted by molar-refractivity contribution is 7.88. The van der Waals surface area contributed by atoms with Crippen molar-refractivity contribution in [2.45, 2.75) is 13.3 Å². The first-order chi connectivity index (χ1) is 5.95. The largest absolute Gasteiger partial charge is 0.212 e. The number of hydrogen-bond donors (Lipinski definition) is 0. The van der Waals surface area contributed by atoms with Crippen molar-refractivity contribution in [1.82, 2.24) is 4.31 Å². The maximum absolute atomic E-state index is 11.1. The standard InChI is InChI=1S/C8H12N2O2S/c1-7-3-4-10(13(2,11)12)6-8(7)5-9/h3-4,6H2,1-2H3. The Morgan fingerprint density at radius 2 is 2.15 bits per heavy atom. The fraction of sp³-hybridized carbons (Fsp3) is 0.625. The molecule has 5 heteroatoms. The van der Waals surface area contributed by atoms with Crippen LogP contribution >= 0.6 is 0 Å². The Morgan fingerprint density at radius 3 is 2.62 bits per heavy atom. The Kier molecular flexibility index (Phi) is 2.74. The summed E-state index contributed by atoms with van der Waals surface area (Å²) in [6.07, 6.45) is 1.83. The quantitative estimate of drug-likeness (QED) is 0.619. The van der Waals surface area contributed by atoms with Gasteiger partial charge in [-0.15, -0.1) is 0 Å². The van der Waals surface area contributed by atoms with Crippen LogP contribution in [0.25, 0.3) is 0 Å². The lowest BCUT2D eigenvalue weighted by Gasteiger charge is -2.24. The summed E-state index contributed by atoms with van der Waals surface area (Å²) in [4.78, 5) is 0. The van der Waals surface area contributed by atoms with Gasteiger partial charge in [-0.1, -0.05) is 5.57 Å². The number of nitriles is 1. The predicted octanol–water partition coefficient (Wildman–Crippen LogP) is 0.492. The van der Waals surface area contributed by atoms with Gasteiger partial charge in [0, 0.05) is 18.7 Å². The summed E-state index contributed by atoms with van der Waals surface area (Å²) in [5, 5.41) is 8.72. The molecule has 0 N–H and O–H groups in total. The zero-order valence-electron chi connectivity index (χ0n) is 7.74. The van der Waals surface area contributed by atoms with E-state index in [0.717, 1.165) is 5.57 Å². The molecule has 0 unspecified atom stereocenters. The molecular weight excluding hydrogens is 188 g/mol. The summed E-state index contributed by atoms with van der Waals surface area (Å²) in [6.45, 7) is 2.61. The van der Waals surface area contributed by atoms with Crippen LogP contribution in [0.3, 0.4) is 0 Å². The third kappa shape index (κ3) is 2.29. The molecule has 0 fully saturated rings. The number of sulfonamides is 1. The molecule has 0 aromatic carbocycles. The van der Waals surface area contributed by atoms with Crippen LogP contribution in [0.2, 0.25) is 0 Å². The van der Waals surface area contributed by atoms with Crippen molar-refractivity contribution in [3.05, 3.63) is 11.1 Å². The highest BCUT2D eigenvalue weighted by atomic mass is 32.2. The summed E-state index contributed by atoms with van der Waals surface area (Å²) in [6, 6.07) is 2.03. The van der Waals surface area contributed by atoms with Gasteiger partial charge in [0.2, 0.25) is 10.0 Å². The van der Waals surface area contributed by atoms with Gasteiger partial charge in [-0.05, 0) is 13.3 Å². The molecule has 4 nitrogen and oxygen atoms in total. The van der Waals surface area contributed by atoms with Crippen molar-refractivity contribution in [3.63, 3.8) is 0 Å². The minimum Gasteiger partial charge on any atom is -0.212 e. The molecule has 0 spiro atoms. The summed E-state index contributed by atoms with van der Waals surface area (Å²) in [5.74, 6) is 0. The van der Waals surface area contributed by atoms with E-state index < -0.39 is 10.0 Å². The third-order valence-corrected chi connectivity index (χ3v) is 3.44. The number of hydrogen-bond acceptors (Lipinski definition) is 3. The van der Waals surface area contributed by atoms with Crippen LogP contribution < -0.4 is 0 Å². The Hall–Kier alpha value is -0.860. The molecule has 0 aliphatic carbocycles. The van der Waals surface area contributed by atoms with E-state index in [0.29, 0.717) is 18.5 Å². The summed E-state index contributed by atoms with van der Waals surface area (Å²) in [5.41, 5.74) is 1.58. The molecule has 1 aliphatic heterocycles. The summed E-state index contributed by atoms with van der Waals surface area (Å²) in [7, 11) is -3.14. The summed E-state index contributed by atoms with van der Waals surface area (Å²) < 4.78 is 23.6. The maximum atomic E-state index is 11.1. The van der Waals surface area contributed by atoms with Gasteiger partial charge in [-0.3, -0.25) is 0 Å². The van der Waals surface area contributed by atoms with Crippen LogP contribution in [0.15, 0.2) is 11.1 Å². The van der Waals surface area contributed by atoms with Crippen LogP contribution in [0.1, 0.15) is 13.3 Å². The van der Waals surface area contributed by atoms with Crippen LogP contribution in [-0.2, 0) is 10.0 Å². The average molecular weight is 200 g/mol. The van der Waals surface area contributed by atoms with E-state index >= 15 is 0 Å². The number of rotatable bonds is 1. The van der Waals surface area contributed by atoms with Gasteiger partial charge in [-0.25, -0.2) is 8.42 Å². The van der Waals surface area contributed by atoms with Gasteiger partial charge in [0.15, 0.2) is 0 Å². The normalized spacial score (nSPS) is 20.1. The second-order valence-electron chi connectivity index (χ2n) is 3.22. The lowest BCUT2D eigenvalue weighted by Crippen LogP contribution is -2.35. The zero-order valence-corrected chi connectivity index (χ0v) is 8.56. The first-order valence-corrected chi connectivity index (χ1v) is 5.84. The average Bonchev–Trinajstić information content (AvgIpc) is 2.03. The molecule has 0 radical (unpaired) electrons. The van der Waals surface area contributed by atoms with Crippen LogP contribution in [0.5, 0.6) is 0 Å². The molecule has 0 aromatic rings. The van der Waals surface area contributed by atoms with Gasteiger partial charge in [0.1, 0.15) is 0 Å². The van der Waals surface area contributed by atoms with Gasteiger partial charge >= 0.3 is 0 Å². The molecule has 0 amide bonds. The Balaban J connectivity index is 2.90. The van der Waals surface area contributed by atoms with Crippen molar-refractivity contribution >= 4 is 10.0 Å². The lowest BCUT2D eigenvalue weighted by molar-refractivity contribution is 0.429. The van der Waals surface area contributed by atoms with Gasteiger partial charge in [0.25, 0.3) is 0 Å². The molecule has 0 atom stereocenters. The molecule has 0 bridgehead atoms. The maximum Gasteiger partial charge on any atom is 0.211 e. The molecule has 0 saturated heterocycles. The first-order valence-electron chi connectivity index (χ1n) is 3.99. The van der Waals surface area contributed by atoms with Crippen LogP contribution in [-0.4, -0.2) is 32.1 Å². The fourth-order valence-corrected chi connectivity index (χ4v) is 2.03. The van der Waals surface area contributed by atoms with Gasteiger partial charge < -0.3 is 0 Å². The number of nitrogens with zero attached hydrogens (tertiary/aromatic N) is 2. The SMILES string of the molecule is CC1=C(C#N)CN(S(C)(=O)=O)CC1. The topological polar surface area (TPSA) is 61.2 Å². The highest BCUT2D eigenvalue weighted by Crippen LogP contribution is 2.18. The van der Waals surface area contributed by atoms with E-state index in [4.69, 9.17) is 5.26 Å². The molecule has 0 saturated carbocycles. The predicted molar refractivity (Wildman–Crippen MR) is 49.3 cm³/mol. The Morgan fingerprint density at radius 1 is 1.54 bits per heavy atom. The van der Waals surface area contributed by atoms with Crippen molar-refractivity contribution < 1.29 is 8.42 Å². The van der Waals surface area contributed by atoms with E-state index in [2.05, 4.69) is 0 Å². The van der Waals surface area contributed by atoms with Gasteiger partial charge in [-0.2, -0.15) is 9.57 Å². The van der Waals surface area contributed by atoms with E-state index in [1.165, 1.54) is 10.6 Å². The smallest absolute Gasteiger partial charge is 0.211 e. The van der Waals surface area contributed by atoms with E-state index in [9.17, 15) is 8.42 Å². The molecule has 1 rings (SSSR count). The molecule has 0 aromatic heterocycles. The van der Waals surface area contributed by atoms with Crippen molar-refractivity contribution in [2.75, 3.05) is 19.3 Å². The monoisotopic (exact) mass is 200 g/mol. The molecule has 1 aliphatic rings. The minimum atomic E-state index is -3.14.